The SMILES string of the molecule is CC1CC2=C(C1)S(=O)c1cccc(-c3ccccc3)c12. The molecular weight excluding hydrogens is 264 g/mol. The maximum atomic E-state index is 12.7. The predicted octanol–water partition coefficient (Wildman–Crippen LogP) is 4.62. The molecule has 100 valence electrons. The second-order valence-electron chi connectivity index (χ2n) is 5.73. The lowest BCUT2D eigenvalue weighted by Gasteiger charge is -2.12. The number of allylic oxidation sites excluding steroid dienone is 2. The minimum Gasteiger partial charge on any atom is -0.249 e. The van der Waals surface area contributed by atoms with E-state index in [0.29, 0.717) is 5.92 Å². The fourth-order valence-corrected chi connectivity index (χ4v) is 5.12. The van der Waals surface area contributed by atoms with Crippen LogP contribution in [-0.2, 0) is 10.8 Å². The van der Waals surface area contributed by atoms with Gasteiger partial charge in [0.2, 0.25) is 0 Å². The zero-order chi connectivity index (χ0) is 13.7. The van der Waals surface area contributed by atoms with Crippen molar-refractivity contribution < 1.29 is 4.21 Å². The molecule has 0 bridgehead atoms. The van der Waals surface area contributed by atoms with Crippen LogP contribution in [0.5, 0.6) is 0 Å². The van der Waals surface area contributed by atoms with Gasteiger partial charge in [-0.3, -0.25) is 0 Å². The summed E-state index contributed by atoms with van der Waals surface area (Å²) in [6.07, 6.45) is 2.06. The first-order chi connectivity index (χ1) is 9.75. The van der Waals surface area contributed by atoms with E-state index in [1.54, 1.807) is 0 Å². The Labute approximate surface area is 121 Å². The van der Waals surface area contributed by atoms with Crippen LogP contribution in [0, 0.1) is 5.92 Å². The Morgan fingerprint density at radius 1 is 1.00 bits per heavy atom. The van der Waals surface area contributed by atoms with Gasteiger partial charge in [0, 0.05) is 10.5 Å². The highest BCUT2D eigenvalue weighted by molar-refractivity contribution is 7.89. The molecular formula is C18H16OS. The largest absolute Gasteiger partial charge is 0.249 e. The molecule has 1 nitrogen and oxygen atoms in total. The lowest BCUT2D eigenvalue weighted by atomic mass is 9.93. The van der Waals surface area contributed by atoms with E-state index in [1.807, 2.05) is 18.2 Å². The smallest absolute Gasteiger partial charge is 0.0817 e. The van der Waals surface area contributed by atoms with E-state index < -0.39 is 10.8 Å². The molecule has 1 aliphatic heterocycles. The van der Waals surface area contributed by atoms with Crippen molar-refractivity contribution in [3.8, 4) is 11.1 Å². The second kappa shape index (κ2) is 4.42. The molecule has 2 atom stereocenters. The summed E-state index contributed by atoms with van der Waals surface area (Å²) in [4.78, 5) is 2.19. The van der Waals surface area contributed by atoms with Crippen LogP contribution in [0.1, 0.15) is 25.3 Å². The fourth-order valence-electron chi connectivity index (χ4n) is 3.39. The Hall–Kier alpha value is -1.67. The van der Waals surface area contributed by atoms with Crippen LogP contribution in [0.4, 0.5) is 0 Å². The van der Waals surface area contributed by atoms with Gasteiger partial charge in [-0.25, -0.2) is 4.21 Å². The number of rotatable bonds is 1. The minimum atomic E-state index is -0.928. The van der Waals surface area contributed by atoms with E-state index in [9.17, 15) is 4.21 Å². The minimum absolute atomic E-state index is 0.626. The van der Waals surface area contributed by atoms with Gasteiger partial charge in [-0.1, -0.05) is 49.4 Å². The van der Waals surface area contributed by atoms with Crippen molar-refractivity contribution in [2.24, 2.45) is 5.92 Å². The molecule has 0 amide bonds. The summed E-state index contributed by atoms with van der Waals surface area (Å²) < 4.78 is 12.7. The molecule has 0 saturated carbocycles. The van der Waals surface area contributed by atoms with E-state index in [0.717, 1.165) is 17.7 Å². The molecule has 0 fully saturated rings. The van der Waals surface area contributed by atoms with Crippen molar-refractivity contribution in [1.29, 1.82) is 0 Å². The molecule has 2 aliphatic rings. The highest BCUT2D eigenvalue weighted by atomic mass is 32.2. The first-order valence-electron chi connectivity index (χ1n) is 7.08. The maximum Gasteiger partial charge on any atom is 0.0817 e. The third-order valence-corrected chi connectivity index (χ3v) is 5.86. The molecule has 2 unspecified atom stereocenters. The lowest BCUT2D eigenvalue weighted by molar-refractivity contribution is 0.632. The molecule has 2 heteroatoms. The van der Waals surface area contributed by atoms with Crippen LogP contribution < -0.4 is 0 Å². The Bertz CT molecular complexity index is 743. The van der Waals surface area contributed by atoms with Crippen LogP contribution in [0.25, 0.3) is 16.7 Å². The van der Waals surface area contributed by atoms with Crippen molar-refractivity contribution in [2.75, 3.05) is 0 Å². The van der Waals surface area contributed by atoms with Crippen LogP contribution >= 0.6 is 0 Å². The average Bonchev–Trinajstić information content (AvgIpc) is 2.98. The van der Waals surface area contributed by atoms with Crippen molar-refractivity contribution in [2.45, 2.75) is 24.7 Å². The standard InChI is InChI=1S/C18H16OS/c1-12-10-15-17(11-12)20(19)16-9-5-8-14(18(15)16)13-6-3-2-4-7-13/h2-9,12H,10-11H2,1H3. The van der Waals surface area contributed by atoms with E-state index in [1.165, 1.54) is 27.2 Å². The Kier molecular flexibility index (Phi) is 2.67. The van der Waals surface area contributed by atoms with Gasteiger partial charge in [-0.2, -0.15) is 0 Å². The molecule has 0 radical (unpaired) electrons. The third-order valence-electron chi connectivity index (χ3n) is 4.26. The van der Waals surface area contributed by atoms with Crippen LogP contribution in [-0.4, -0.2) is 4.21 Å². The Morgan fingerprint density at radius 2 is 1.80 bits per heavy atom. The summed E-state index contributed by atoms with van der Waals surface area (Å²) in [5, 5.41) is 0. The Morgan fingerprint density at radius 3 is 2.60 bits per heavy atom. The first kappa shape index (κ1) is 12.1. The topological polar surface area (TPSA) is 17.1 Å². The molecule has 1 aliphatic carbocycles. The van der Waals surface area contributed by atoms with Crippen molar-refractivity contribution in [3.05, 3.63) is 59.0 Å². The van der Waals surface area contributed by atoms with Crippen molar-refractivity contribution in [3.63, 3.8) is 0 Å². The fraction of sp³-hybridized carbons (Fsp3) is 0.222. The van der Waals surface area contributed by atoms with Crippen LogP contribution in [0.3, 0.4) is 0 Å². The Balaban J connectivity index is 1.96. The zero-order valence-corrected chi connectivity index (χ0v) is 12.2. The molecule has 2 aromatic rings. The van der Waals surface area contributed by atoms with Gasteiger partial charge < -0.3 is 0 Å². The summed E-state index contributed by atoms with van der Waals surface area (Å²) in [6, 6.07) is 16.6. The van der Waals surface area contributed by atoms with Crippen LogP contribution in [0.2, 0.25) is 0 Å². The normalized spacial score (nSPS) is 23.9. The average molecular weight is 280 g/mol. The number of hydrogen-bond acceptors (Lipinski definition) is 1. The van der Waals surface area contributed by atoms with Gasteiger partial charge in [0.25, 0.3) is 0 Å². The third kappa shape index (κ3) is 1.64. The van der Waals surface area contributed by atoms with Crippen molar-refractivity contribution >= 4 is 16.4 Å². The maximum absolute atomic E-state index is 12.7. The second-order valence-corrected chi connectivity index (χ2v) is 7.20. The molecule has 0 spiro atoms. The van der Waals surface area contributed by atoms with Gasteiger partial charge in [-0.05, 0) is 41.5 Å². The first-order valence-corrected chi connectivity index (χ1v) is 8.23. The van der Waals surface area contributed by atoms with E-state index in [4.69, 9.17) is 0 Å². The summed E-state index contributed by atoms with van der Waals surface area (Å²) in [6.45, 7) is 2.25. The van der Waals surface area contributed by atoms with Gasteiger partial charge in [0.1, 0.15) is 0 Å². The molecule has 2 aromatic carbocycles. The van der Waals surface area contributed by atoms with Gasteiger partial charge in [-0.15, -0.1) is 0 Å². The number of benzene rings is 2. The van der Waals surface area contributed by atoms with Gasteiger partial charge >= 0.3 is 0 Å². The number of fused-ring (bicyclic) bond motifs is 2. The van der Waals surface area contributed by atoms with E-state index >= 15 is 0 Å². The van der Waals surface area contributed by atoms with E-state index in [2.05, 4.69) is 37.3 Å². The monoisotopic (exact) mass is 280 g/mol. The van der Waals surface area contributed by atoms with Gasteiger partial charge in [0.05, 0.1) is 15.7 Å². The summed E-state index contributed by atoms with van der Waals surface area (Å²) >= 11 is 0. The highest BCUT2D eigenvalue weighted by Crippen LogP contribution is 2.50. The molecule has 20 heavy (non-hydrogen) atoms. The molecule has 4 rings (SSSR count). The van der Waals surface area contributed by atoms with Gasteiger partial charge in [0.15, 0.2) is 0 Å². The van der Waals surface area contributed by atoms with Crippen LogP contribution in [0.15, 0.2) is 58.3 Å². The predicted molar refractivity (Wildman–Crippen MR) is 83.6 cm³/mol. The summed E-state index contributed by atoms with van der Waals surface area (Å²) in [7, 11) is -0.928. The number of hydrogen-bond donors (Lipinski definition) is 0. The molecule has 0 saturated heterocycles. The molecule has 1 heterocycles. The zero-order valence-electron chi connectivity index (χ0n) is 11.4. The highest BCUT2D eigenvalue weighted by Gasteiger charge is 2.35. The quantitative estimate of drug-likeness (QED) is 0.745. The van der Waals surface area contributed by atoms with E-state index in [-0.39, 0.29) is 0 Å². The summed E-state index contributed by atoms with van der Waals surface area (Å²) in [5.74, 6) is 0.626. The summed E-state index contributed by atoms with van der Waals surface area (Å²) in [5.41, 5.74) is 5.05. The molecule has 0 aromatic heterocycles. The van der Waals surface area contributed by atoms with Crippen molar-refractivity contribution in [1.82, 2.24) is 0 Å². The molecule has 0 N–H and O–H groups in total. The lowest BCUT2D eigenvalue weighted by Crippen LogP contribution is -1.97.